The van der Waals surface area contributed by atoms with Gasteiger partial charge < -0.3 is 13.7 Å². The summed E-state index contributed by atoms with van der Waals surface area (Å²) in [6, 6.07) is 17.3. The van der Waals surface area contributed by atoms with Crippen molar-refractivity contribution >= 4 is 17.7 Å². The molecule has 4 nitrogen and oxygen atoms in total. The van der Waals surface area contributed by atoms with Crippen LogP contribution in [0.2, 0.25) is 0 Å². The molecule has 0 aliphatic heterocycles. The Kier molecular flexibility index (Phi) is 5.21. The van der Waals surface area contributed by atoms with Gasteiger partial charge in [-0.3, -0.25) is 4.79 Å². The second-order valence-corrected chi connectivity index (χ2v) is 6.06. The van der Waals surface area contributed by atoms with Crippen LogP contribution < -0.4 is 0 Å². The minimum absolute atomic E-state index is 0.0478. The SMILES string of the molecule is O=C(CSc1ccccc1)N(Cc1ccco1)Cc1ccco1. The summed E-state index contributed by atoms with van der Waals surface area (Å²) in [5.41, 5.74) is 0. The van der Waals surface area contributed by atoms with Crippen LogP contribution in [0.1, 0.15) is 11.5 Å². The summed E-state index contributed by atoms with van der Waals surface area (Å²) >= 11 is 1.53. The van der Waals surface area contributed by atoms with Crippen molar-refractivity contribution in [1.29, 1.82) is 0 Å². The molecule has 2 aromatic heterocycles. The van der Waals surface area contributed by atoms with E-state index in [4.69, 9.17) is 8.83 Å². The van der Waals surface area contributed by atoms with Gasteiger partial charge >= 0.3 is 0 Å². The van der Waals surface area contributed by atoms with Crippen molar-refractivity contribution in [2.24, 2.45) is 0 Å². The average molecular weight is 327 g/mol. The number of hydrogen-bond acceptors (Lipinski definition) is 4. The third-order valence-corrected chi connectivity index (χ3v) is 4.31. The molecule has 0 fully saturated rings. The second-order valence-electron chi connectivity index (χ2n) is 5.01. The third-order valence-electron chi connectivity index (χ3n) is 3.31. The molecule has 118 valence electrons. The van der Waals surface area contributed by atoms with Gasteiger partial charge in [0.1, 0.15) is 11.5 Å². The van der Waals surface area contributed by atoms with Crippen LogP contribution in [-0.4, -0.2) is 16.6 Å². The number of furan rings is 2. The number of amides is 1. The summed E-state index contributed by atoms with van der Waals surface area (Å²) in [6.07, 6.45) is 3.23. The molecule has 1 amide bonds. The molecule has 23 heavy (non-hydrogen) atoms. The Bertz CT molecular complexity index is 672. The van der Waals surface area contributed by atoms with E-state index in [-0.39, 0.29) is 5.91 Å². The molecule has 0 saturated heterocycles. The molecule has 0 unspecified atom stereocenters. The molecule has 0 spiro atoms. The third kappa shape index (κ3) is 4.53. The van der Waals surface area contributed by atoms with E-state index in [1.165, 1.54) is 11.8 Å². The van der Waals surface area contributed by atoms with E-state index >= 15 is 0 Å². The molecule has 5 heteroatoms. The summed E-state index contributed by atoms with van der Waals surface area (Å²) in [7, 11) is 0. The van der Waals surface area contributed by atoms with Gasteiger partial charge in [0.2, 0.25) is 5.91 Å². The van der Waals surface area contributed by atoms with Gasteiger partial charge in [-0.25, -0.2) is 0 Å². The monoisotopic (exact) mass is 327 g/mol. The van der Waals surface area contributed by atoms with Crippen LogP contribution in [0.3, 0.4) is 0 Å². The highest BCUT2D eigenvalue weighted by Crippen LogP contribution is 2.19. The van der Waals surface area contributed by atoms with E-state index in [2.05, 4.69) is 0 Å². The van der Waals surface area contributed by atoms with Gasteiger partial charge in [-0.1, -0.05) is 18.2 Å². The zero-order valence-electron chi connectivity index (χ0n) is 12.6. The van der Waals surface area contributed by atoms with Crippen molar-refractivity contribution in [3.05, 3.63) is 78.6 Å². The van der Waals surface area contributed by atoms with E-state index in [1.807, 2.05) is 54.6 Å². The van der Waals surface area contributed by atoms with Crippen LogP contribution in [0.4, 0.5) is 0 Å². The fraction of sp³-hybridized carbons (Fsp3) is 0.167. The maximum atomic E-state index is 12.6. The largest absolute Gasteiger partial charge is 0.467 e. The Labute approximate surface area is 139 Å². The Morgan fingerprint density at radius 3 is 2.00 bits per heavy atom. The minimum Gasteiger partial charge on any atom is -0.467 e. The van der Waals surface area contributed by atoms with Crippen LogP contribution in [0.15, 0.2) is 80.9 Å². The van der Waals surface area contributed by atoms with Crippen molar-refractivity contribution in [1.82, 2.24) is 4.90 Å². The summed E-state index contributed by atoms with van der Waals surface area (Å²) in [6.45, 7) is 0.865. The molecule has 0 bridgehead atoms. The first kappa shape index (κ1) is 15.5. The van der Waals surface area contributed by atoms with Gasteiger partial charge in [0, 0.05) is 4.90 Å². The Morgan fingerprint density at radius 1 is 0.870 bits per heavy atom. The molecule has 0 saturated carbocycles. The maximum Gasteiger partial charge on any atom is 0.233 e. The quantitative estimate of drug-likeness (QED) is 0.610. The van der Waals surface area contributed by atoms with E-state index in [0.717, 1.165) is 16.4 Å². The fourth-order valence-corrected chi connectivity index (χ4v) is 2.99. The summed E-state index contributed by atoms with van der Waals surface area (Å²) in [5, 5.41) is 0. The van der Waals surface area contributed by atoms with Gasteiger partial charge in [0.05, 0.1) is 31.4 Å². The molecular weight excluding hydrogens is 310 g/mol. The van der Waals surface area contributed by atoms with Crippen LogP contribution in [0, 0.1) is 0 Å². The molecule has 0 aliphatic rings. The van der Waals surface area contributed by atoms with Crippen LogP contribution >= 0.6 is 11.8 Å². The lowest BCUT2D eigenvalue weighted by atomic mass is 10.3. The standard InChI is InChI=1S/C18H17NO3S/c20-18(14-23-17-8-2-1-3-9-17)19(12-15-6-4-10-21-15)13-16-7-5-11-22-16/h1-11H,12-14H2. The number of carbonyl (C=O) groups is 1. The normalized spacial score (nSPS) is 10.6. The summed E-state index contributed by atoms with van der Waals surface area (Å²) in [5.74, 6) is 1.95. The highest BCUT2D eigenvalue weighted by Gasteiger charge is 2.17. The van der Waals surface area contributed by atoms with Crippen LogP contribution in [0.5, 0.6) is 0 Å². The van der Waals surface area contributed by atoms with Gasteiger partial charge in [-0.2, -0.15) is 0 Å². The van der Waals surface area contributed by atoms with Crippen LogP contribution in [0.25, 0.3) is 0 Å². The molecule has 3 aromatic rings. The predicted octanol–water partition coefficient (Wildman–Crippen LogP) is 4.19. The van der Waals surface area contributed by atoms with Crippen molar-refractivity contribution in [3.63, 3.8) is 0 Å². The number of thioether (sulfide) groups is 1. The zero-order chi connectivity index (χ0) is 15.9. The molecular formula is C18H17NO3S. The van der Waals surface area contributed by atoms with Crippen molar-refractivity contribution < 1.29 is 13.6 Å². The average Bonchev–Trinajstić information content (AvgIpc) is 3.27. The van der Waals surface area contributed by atoms with E-state index < -0.39 is 0 Å². The summed E-state index contributed by atoms with van der Waals surface area (Å²) in [4.78, 5) is 15.4. The van der Waals surface area contributed by atoms with Crippen molar-refractivity contribution in [2.45, 2.75) is 18.0 Å². The van der Waals surface area contributed by atoms with E-state index in [1.54, 1.807) is 17.4 Å². The number of hydrogen-bond donors (Lipinski definition) is 0. The van der Waals surface area contributed by atoms with E-state index in [9.17, 15) is 4.79 Å². The second kappa shape index (κ2) is 7.74. The molecule has 2 heterocycles. The molecule has 0 atom stereocenters. The topological polar surface area (TPSA) is 46.6 Å². The van der Waals surface area contributed by atoms with Crippen molar-refractivity contribution in [2.75, 3.05) is 5.75 Å². The molecule has 0 radical (unpaired) electrons. The highest BCUT2D eigenvalue weighted by atomic mass is 32.2. The Hall–Kier alpha value is -2.40. The van der Waals surface area contributed by atoms with Crippen molar-refractivity contribution in [3.8, 4) is 0 Å². The number of rotatable bonds is 7. The maximum absolute atomic E-state index is 12.6. The smallest absolute Gasteiger partial charge is 0.233 e. The van der Waals surface area contributed by atoms with Gasteiger partial charge in [-0.15, -0.1) is 11.8 Å². The van der Waals surface area contributed by atoms with Gasteiger partial charge in [0.15, 0.2) is 0 Å². The lowest BCUT2D eigenvalue weighted by Crippen LogP contribution is -2.31. The molecule has 3 rings (SSSR count). The molecule has 1 aromatic carbocycles. The van der Waals surface area contributed by atoms with E-state index in [0.29, 0.717) is 18.8 Å². The summed E-state index contributed by atoms with van der Waals surface area (Å²) < 4.78 is 10.7. The molecule has 0 N–H and O–H groups in total. The first-order valence-electron chi connectivity index (χ1n) is 7.31. The minimum atomic E-state index is 0.0478. The molecule has 0 aliphatic carbocycles. The van der Waals surface area contributed by atoms with Crippen LogP contribution in [-0.2, 0) is 17.9 Å². The number of nitrogens with zero attached hydrogens (tertiary/aromatic N) is 1. The Balaban J connectivity index is 1.65. The predicted molar refractivity (Wildman–Crippen MR) is 88.8 cm³/mol. The lowest BCUT2D eigenvalue weighted by molar-refractivity contribution is -0.130. The van der Waals surface area contributed by atoms with Gasteiger partial charge in [-0.05, 0) is 36.4 Å². The fourth-order valence-electron chi connectivity index (χ4n) is 2.17. The Morgan fingerprint density at radius 2 is 1.48 bits per heavy atom. The first-order chi connectivity index (χ1) is 11.3. The van der Waals surface area contributed by atoms with Gasteiger partial charge in [0.25, 0.3) is 0 Å². The number of carbonyl (C=O) groups excluding carboxylic acids is 1. The zero-order valence-corrected chi connectivity index (χ0v) is 13.4. The first-order valence-corrected chi connectivity index (χ1v) is 8.30. The lowest BCUT2D eigenvalue weighted by Gasteiger charge is -2.20. The highest BCUT2D eigenvalue weighted by molar-refractivity contribution is 8.00. The number of benzene rings is 1.